The van der Waals surface area contributed by atoms with Crippen molar-refractivity contribution in [2.45, 2.75) is 26.8 Å². The van der Waals surface area contributed by atoms with Crippen LogP contribution in [0, 0.1) is 20.8 Å². The molecule has 1 atom stereocenters. The number of ether oxygens (including phenoxy) is 1. The van der Waals surface area contributed by atoms with Crippen LogP contribution in [0.5, 0.6) is 5.75 Å². The third-order valence-electron chi connectivity index (χ3n) is 3.75. The van der Waals surface area contributed by atoms with Crippen molar-refractivity contribution in [3.8, 4) is 5.75 Å². The zero-order chi connectivity index (χ0) is 15.4. The molecule has 0 saturated heterocycles. The minimum atomic E-state index is 0.110. The number of anilines is 1. The van der Waals surface area contributed by atoms with Gasteiger partial charge in [-0.15, -0.1) is 0 Å². The normalized spacial score (nSPS) is 12.0. The highest BCUT2D eigenvalue weighted by molar-refractivity contribution is 5.50. The van der Waals surface area contributed by atoms with Gasteiger partial charge in [-0.25, -0.2) is 0 Å². The predicted molar refractivity (Wildman–Crippen MR) is 89.1 cm³/mol. The summed E-state index contributed by atoms with van der Waals surface area (Å²) in [5, 5.41) is 3.52. The average molecular weight is 284 g/mol. The maximum atomic E-state index is 6.00. The maximum Gasteiger partial charge on any atom is 0.119 e. The lowest BCUT2D eigenvalue weighted by molar-refractivity contribution is 0.415. The molecule has 0 aliphatic heterocycles. The van der Waals surface area contributed by atoms with E-state index in [0.29, 0.717) is 6.54 Å². The molecule has 0 aliphatic carbocycles. The second-order valence-corrected chi connectivity index (χ2v) is 5.47. The van der Waals surface area contributed by atoms with Crippen LogP contribution in [0.2, 0.25) is 0 Å². The van der Waals surface area contributed by atoms with Crippen molar-refractivity contribution in [2.24, 2.45) is 5.73 Å². The summed E-state index contributed by atoms with van der Waals surface area (Å²) in [6.45, 7) is 6.97. The molecule has 0 heterocycles. The molecule has 2 aromatic rings. The first-order valence-corrected chi connectivity index (χ1v) is 7.23. The SMILES string of the molecule is COc1ccc(NC(CN)c2c(C)cc(C)cc2C)cc1. The summed E-state index contributed by atoms with van der Waals surface area (Å²) in [5.74, 6) is 0.854. The molecular formula is C18H24N2O. The lowest BCUT2D eigenvalue weighted by Gasteiger charge is -2.23. The monoisotopic (exact) mass is 284 g/mol. The number of rotatable bonds is 5. The van der Waals surface area contributed by atoms with E-state index in [0.717, 1.165) is 11.4 Å². The van der Waals surface area contributed by atoms with Gasteiger partial charge in [-0.3, -0.25) is 0 Å². The van der Waals surface area contributed by atoms with Gasteiger partial charge in [0, 0.05) is 12.2 Å². The molecule has 112 valence electrons. The van der Waals surface area contributed by atoms with Crippen LogP contribution in [-0.2, 0) is 0 Å². The Hall–Kier alpha value is -2.00. The van der Waals surface area contributed by atoms with Gasteiger partial charge >= 0.3 is 0 Å². The van der Waals surface area contributed by atoms with Crippen LogP contribution in [0.1, 0.15) is 28.3 Å². The fourth-order valence-corrected chi connectivity index (χ4v) is 2.88. The first-order valence-electron chi connectivity index (χ1n) is 7.23. The van der Waals surface area contributed by atoms with Crippen molar-refractivity contribution in [1.29, 1.82) is 0 Å². The lowest BCUT2D eigenvalue weighted by atomic mass is 9.94. The first-order chi connectivity index (χ1) is 10.0. The van der Waals surface area contributed by atoms with E-state index in [9.17, 15) is 0 Å². The molecule has 0 spiro atoms. The lowest BCUT2D eigenvalue weighted by Crippen LogP contribution is -2.22. The van der Waals surface area contributed by atoms with E-state index in [4.69, 9.17) is 10.5 Å². The second kappa shape index (κ2) is 6.64. The van der Waals surface area contributed by atoms with Crippen molar-refractivity contribution in [1.82, 2.24) is 0 Å². The van der Waals surface area contributed by atoms with Gasteiger partial charge in [-0.05, 0) is 61.7 Å². The molecule has 0 amide bonds. The average Bonchev–Trinajstić information content (AvgIpc) is 2.45. The van der Waals surface area contributed by atoms with Crippen LogP contribution < -0.4 is 15.8 Å². The Bertz CT molecular complexity index is 582. The van der Waals surface area contributed by atoms with Crippen molar-refractivity contribution < 1.29 is 4.74 Å². The van der Waals surface area contributed by atoms with Gasteiger partial charge in [-0.1, -0.05) is 17.7 Å². The van der Waals surface area contributed by atoms with Crippen LogP contribution in [-0.4, -0.2) is 13.7 Å². The quantitative estimate of drug-likeness (QED) is 0.879. The van der Waals surface area contributed by atoms with E-state index >= 15 is 0 Å². The third kappa shape index (κ3) is 3.56. The summed E-state index contributed by atoms with van der Waals surface area (Å²) in [4.78, 5) is 0. The second-order valence-electron chi connectivity index (χ2n) is 5.47. The smallest absolute Gasteiger partial charge is 0.119 e. The molecule has 0 saturated carbocycles. The maximum absolute atomic E-state index is 6.00. The van der Waals surface area contributed by atoms with Crippen molar-refractivity contribution >= 4 is 5.69 Å². The Morgan fingerprint density at radius 2 is 1.62 bits per heavy atom. The summed E-state index contributed by atoms with van der Waals surface area (Å²) in [6.07, 6.45) is 0. The Morgan fingerprint density at radius 1 is 1.05 bits per heavy atom. The van der Waals surface area contributed by atoms with Gasteiger partial charge in [0.15, 0.2) is 0 Å². The molecule has 0 fully saturated rings. The largest absolute Gasteiger partial charge is 0.497 e. The number of aryl methyl sites for hydroxylation is 3. The van der Waals surface area contributed by atoms with Crippen LogP contribution in [0.3, 0.4) is 0 Å². The van der Waals surface area contributed by atoms with Crippen molar-refractivity contribution in [3.05, 3.63) is 58.7 Å². The highest BCUT2D eigenvalue weighted by Crippen LogP contribution is 2.27. The molecule has 3 nitrogen and oxygen atoms in total. The highest BCUT2D eigenvalue weighted by atomic mass is 16.5. The first kappa shape index (κ1) is 15.4. The van der Waals surface area contributed by atoms with Gasteiger partial charge in [-0.2, -0.15) is 0 Å². The van der Waals surface area contributed by atoms with Crippen LogP contribution >= 0.6 is 0 Å². The zero-order valence-electron chi connectivity index (χ0n) is 13.2. The summed E-state index contributed by atoms with van der Waals surface area (Å²) >= 11 is 0. The molecule has 3 heteroatoms. The van der Waals surface area contributed by atoms with Gasteiger partial charge < -0.3 is 15.8 Å². The van der Waals surface area contributed by atoms with Gasteiger partial charge in [0.05, 0.1) is 13.2 Å². The van der Waals surface area contributed by atoms with E-state index in [-0.39, 0.29) is 6.04 Å². The number of methoxy groups -OCH3 is 1. The summed E-state index contributed by atoms with van der Waals surface area (Å²) in [6, 6.07) is 12.5. The number of nitrogens with one attached hydrogen (secondary N) is 1. The minimum absolute atomic E-state index is 0.110. The summed E-state index contributed by atoms with van der Waals surface area (Å²) in [7, 11) is 1.67. The molecule has 3 N–H and O–H groups in total. The number of hydrogen-bond acceptors (Lipinski definition) is 3. The Balaban J connectivity index is 2.27. The van der Waals surface area contributed by atoms with E-state index < -0.39 is 0 Å². The van der Waals surface area contributed by atoms with E-state index in [2.05, 4.69) is 38.2 Å². The van der Waals surface area contributed by atoms with E-state index in [1.165, 1.54) is 22.3 Å². The van der Waals surface area contributed by atoms with Crippen LogP contribution in [0.4, 0.5) is 5.69 Å². The Kier molecular flexibility index (Phi) is 4.86. The van der Waals surface area contributed by atoms with Crippen LogP contribution in [0.25, 0.3) is 0 Å². The van der Waals surface area contributed by atoms with Gasteiger partial charge in [0.2, 0.25) is 0 Å². The molecule has 2 rings (SSSR count). The van der Waals surface area contributed by atoms with Crippen molar-refractivity contribution in [3.63, 3.8) is 0 Å². The van der Waals surface area contributed by atoms with E-state index in [1.807, 2.05) is 24.3 Å². The highest BCUT2D eigenvalue weighted by Gasteiger charge is 2.15. The fourth-order valence-electron chi connectivity index (χ4n) is 2.88. The van der Waals surface area contributed by atoms with Crippen molar-refractivity contribution in [2.75, 3.05) is 19.0 Å². The zero-order valence-corrected chi connectivity index (χ0v) is 13.2. The molecular weight excluding hydrogens is 260 g/mol. The van der Waals surface area contributed by atoms with E-state index in [1.54, 1.807) is 7.11 Å². The molecule has 21 heavy (non-hydrogen) atoms. The molecule has 0 aromatic heterocycles. The number of benzene rings is 2. The molecule has 2 aromatic carbocycles. The third-order valence-corrected chi connectivity index (χ3v) is 3.75. The molecule has 0 aliphatic rings. The number of hydrogen-bond donors (Lipinski definition) is 2. The van der Waals surface area contributed by atoms with Gasteiger partial charge in [0.1, 0.15) is 5.75 Å². The summed E-state index contributed by atoms with van der Waals surface area (Å²) < 4.78 is 5.18. The topological polar surface area (TPSA) is 47.3 Å². The molecule has 1 unspecified atom stereocenters. The van der Waals surface area contributed by atoms with Gasteiger partial charge in [0.25, 0.3) is 0 Å². The predicted octanol–water partition coefficient (Wildman–Crippen LogP) is 3.73. The Labute approximate surface area is 127 Å². The van der Waals surface area contributed by atoms with Crippen LogP contribution in [0.15, 0.2) is 36.4 Å². The molecule has 0 bridgehead atoms. The fraction of sp³-hybridized carbons (Fsp3) is 0.333. The summed E-state index contributed by atoms with van der Waals surface area (Å²) in [5.41, 5.74) is 12.2. The number of nitrogens with two attached hydrogens (primary N) is 1. The molecule has 0 radical (unpaired) electrons. The minimum Gasteiger partial charge on any atom is -0.497 e. The standard InChI is InChI=1S/C18H24N2O/c1-12-9-13(2)18(14(3)10-12)17(11-19)20-15-5-7-16(21-4)8-6-15/h5-10,17,20H,11,19H2,1-4H3. The Morgan fingerprint density at radius 3 is 2.10 bits per heavy atom.